The summed E-state index contributed by atoms with van der Waals surface area (Å²) in [6, 6.07) is 14.8. The largest absolute Gasteiger partial charge is 0.357 e. The van der Waals surface area contributed by atoms with Gasteiger partial charge in [0.05, 0.1) is 5.56 Å². The molecule has 1 aromatic carbocycles. The summed E-state index contributed by atoms with van der Waals surface area (Å²) in [5.41, 5.74) is 2.16. The van der Waals surface area contributed by atoms with Gasteiger partial charge in [-0.25, -0.2) is 4.98 Å². The molecule has 4 rings (SSSR count). The van der Waals surface area contributed by atoms with Gasteiger partial charge < -0.3 is 9.80 Å². The third-order valence-electron chi connectivity index (χ3n) is 6.24. The number of rotatable bonds is 4. The predicted molar refractivity (Wildman–Crippen MR) is 114 cm³/mol. The number of likely N-dealkylation sites (tertiary alicyclic amines) is 1. The Morgan fingerprint density at radius 1 is 1.04 bits per heavy atom. The Morgan fingerprint density at radius 3 is 2.50 bits per heavy atom. The van der Waals surface area contributed by atoms with Gasteiger partial charge in [0.1, 0.15) is 5.82 Å². The van der Waals surface area contributed by atoms with Crippen molar-refractivity contribution in [3.63, 3.8) is 0 Å². The Kier molecular flexibility index (Phi) is 5.94. The summed E-state index contributed by atoms with van der Waals surface area (Å²) in [6.07, 6.45) is 7.67. The van der Waals surface area contributed by atoms with Gasteiger partial charge in [0.25, 0.3) is 5.91 Å². The van der Waals surface area contributed by atoms with Crippen molar-refractivity contribution in [3.05, 3.63) is 59.8 Å². The lowest BCUT2D eigenvalue weighted by Gasteiger charge is -2.33. The van der Waals surface area contributed by atoms with Crippen molar-refractivity contribution < 1.29 is 4.79 Å². The molecule has 1 unspecified atom stereocenters. The maximum atomic E-state index is 12.7. The Morgan fingerprint density at radius 2 is 1.82 bits per heavy atom. The number of aromatic nitrogens is 1. The van der Waals surface area contributed by atoms with Crippen LogP contribution in [0.1, 0.15) is 48.5 Å². The second-order valence-electron chi connectivity index (χ2n) is 8.52. The average molecular weight is 378 g/mol. The monoisotopic (exact) mass is 377 g/mol. The molecule has 2 aliphatic rings. The van der Waals surface area contributed by atoms with Crippen LogP contribution in [0.4, 0.5) is 5.82 Å². The first-order chi connectivity index (χ1) is 13.7. The number of hydrogen-bond donors (Lipinski definition) is 0. The highest BCUT2D eigenvalue weighted by atomic mass is 16.2. The molecule has 1 atom stereocenters. The van der Waals surface area contributed by atoms with E-state index in [9.17, 15) is 4.79 Å². The zero-order chi connectivity index (χ0) is 19.3. The van der Waals surface area contributed by atoms with Crippen molar-refractivity contribution >= 4 is 11.7 Å². The van der Waals surface area contributed by atoms with E-state index in [-0.39, 0.29) is 5.91 Å². The summed E-state index contributed by atoms with van der Waals surface area (Å²) in [4.78, 5) is 21.7. The van der Waals surface area contributed by atoms with E-state index in [0.29, 0.717) is 5.92 Å². The van der Waals surface area contributed by atoms with E-state index in [2.05, 4.69) is 47.1 Å². The minimum Gasteiger partial charge on any atom is -0.357 e. The van der Waals surface area contributed by atoms with Crippen LogP contribution in [0.2, 0.25) is 0 Å². The number of nitrogens with zero attached hydrogens (tertiary/aromatic N) is 3. The summed E-state index contributed by atoms with van der Waals surface area (Å²) >= 11 is 0. The van der Waals surface area contributed by atoms with Crippen molar-refractivity contribution in [2.45, 2.75) is 39.0 Å². The molecule has 2 aliphatic heterocycles. The summed E-state index contributed by atoms with van der Waals surface area (Å²) in [5, 5.41) is 0. The van der Waals surface area contributed by atoms with Crippen LogP contribution in [0.25, 0.3) is 0 Å². The highest BCUT2D eigenvalue weighted by Crippen LogP contribution is 2.25. The van der Waals surface area contributed by atoms with Crippen LogP contribution in [-0.4, -0.2) is 42.0 Å². The lowest BCUT2D eigenvalue weighted by molar-refractivity contribution is 0.0682. The quantitative estimate of drug-likeness (QED) is 0.792. The third-order valence-corrected chi connectivity index (χ3v) is 6.24. The van der Waals surface area contributed by atoms with Crippen molar-refractivity contribution in [1.82, 2.24) is 9.88 Å². The van der Waals surface area contributed by atoms with Gasteiger partial charge in [0.15, 0.2) is 0 Å². The van der Waals surface area contributed by atoms with Gasteiger partial charge in [-0.15, -0.1) is 0 Å². The molecule has 1 amide bonds. The fourth-order valence-corrected chi connectivity index (χ4v) is 4.57. The Balaban J connectivity index is 1.31. The molecule has 148 valence electrons. The lowest BCUT2D eigenvalue weighted by Crippen LogP contribution is -2.39. The van der Waals surface area contributed by atoms with E-state index in [1.54, 1.807) is 6.20 Å². The summed E-state index contributed by atoms with van der Waals surface area (Å²) < 4.78 is 0. The van der Waals surface area contributed by atoms with E-state index >= 15 is 0 Å². The molecule has 2 saturated heterocycles. The highest BCUT2D eigenvalue weighted by Gasteiger charge is 2.23. The molecule has 0 aliphatic carbocycles. The molecule has 4 heteroatoms. The Labute approximate surface area is 168 Å². The predicted octanol–water partition coefficient (Wildman–Crippen LogP) is 4.41. The average Bonchev–Trinajstić information content (AvgIpc) is 2.75. The molecule has 28 heavy (non-hydrogen) atoms. The Bertz CT molecular complexity index is 766. The van der Waals surface area contributed by atoms with Crippen molar-refractivity contribution in [3.8, 4) is 0 Å². The number of carbonyl (C=O) groups is 1. The topological polar surface area (TPSA) is 36.4 Å². The van der Waals surface area contributed by atoms with Crippen molar-refractivity contribution in [2.24, 2.45) is 11.8 Å². The van der Waals surface area contributed by atoms with Gasteiger partial charge >= 0.3 is 0 Å². The minimum absolute atomic E-state index is 0.132. The number of amides is 1. The molecular weight excluding hydrogens is 346 g/mol. The summed E-state index contributed by atoms with van der Waals surface area (Å²) in [6.45, 7) is 6.06. The van der Waals surface area contributed by atoms with Crippen LogP contribution in [0.3, 0.4) is 0 Å². The smallest absolute Gasteiger partial charge is 0.255 e. The number of anilines is 1. The standard InChI is InChI=1S/C24H31N3O/c1-19-6-5-13-27(18-19)24(28)22-9-10-23(25-17-22)26-14-11-21(12-15-26)16-20-7-3-2-4-8-20/h2-4,7-10,17,19,21H,5-6,11-16,18H2,1H3. The molecule has 0 N–H and O–H groups in total. The number of carbonyl (C=O) groups excluding carboxylic acids is 1. The number of hydrogen-bond acceptors (Lipinski definition) is 3. The molecule has 0 saturated carbocycles. The molecule has 2 aromatic rings. The van der Waals surface area contributed by atoms with Gasteiger partial charge in [0, 0.05) is 32.4 Å². The van der Waals surface area contributed by atoms with Gasteiger partial charge in [0.2, 0.25) is 0 Å². The van der Waals surface area contributed by atoms with E-state index in [1.165, 1.54) is 31.2 Å². The second-order valence-corrected chi connectivity index (χ2v) is 8.52. The first-order valence-electron chi connectivity index (χ1n) is 10.7. The van der Waals surface area contributed by atoms with Crippen LogP contribution in [0, 0.1) is 11.8 Å². The molecule has 4 nitrogen and oxygen atoms in total. The van der Waals surface area contributed by atoms with Crippen LogP contribution in [0.5, 0.6) is 0 Å². The SMILES string of the molecule is CC1CCCN(C(=O)c2ccc(N3CCC(Cc4ccccc4)CC3)nc2)C1. The van der Waals surface area contributed by atoms with E-state index in [1.807, 2.05) is 17.0 Å². The van der Waals surface area contributed by atoms with Gasteiger partial charge in [-0.3, -0.25) is 4.79 Å². The number of benzene rings is 1. The molecule has 2 fully saturated rings. The normalized spacial score (nSPS) is 21.0. The first kappa shape index (κ1) is 19.0. The molecule has 0 bridgehead atoms. The fraction of sp³-hybridized carbons (Fsp3) is 0.500. The minimum atomic E-state index is 0.132. The van der Waals surface area contributed by atoms with Crippen LogP contribution in [-0.2, 0) is 6.42 Å². The van der Waals surface area contributed by atoms with E-state index in [4.69, 9.17) is 0 Å². The van der Waals surface area contributed by atoms with Crippen LogP contribution >= 0.6 is 0 Å². The van der Waals surface area contributed by atoms with Crippen LogP contribution in [0.15, 0.2) is 48.7 Å². The van der Waals surface area contributed by atoms with Gasteiger partial charge in [-0.1, -0.05) is 37.3 Å². The molecule has 3 heterocycles. The summed E-state index contributed by atoms with van der Waals surface area (Å²) in [7, 11) is 0. The molecule has 1 aromatic heterocycles. The molecular formula is C24H31N3O. The Hall–Kier alpha value is -2.36. The zero-order valence-electron chi connectivity index (χ0n) is 16.9. The lowest BCUT2D eigenvalue weighted by atomic mass is 9.90. The third kappa shape index (κ3) is 4.54. The van der Waals surface area contributed by atoms with Crippen molar-refractivity contribution in [2.75, 3.05) is 31.1 Å². The zero-order valence-corrected chi connectivity index (χ0v) is 16.9. The van der Waals surface area contributed by atoms with Gasteiger partial charge in [-0.05, 0) is 61.6 Å². The maximum Gasteiger partial charge on any atom is 0.255 e. The molecule has 0 spiro atoms. The van der Waals surface area contributed by atoms with Gasteiger partial charge in [-0.2, -0.15) is 0 Å². The second kappa shape index (κ2) is 8.76. The highest BCUT2D eigenvalue weighted by molar-refractivity contribution is 5.94. The van der Waals surface area contributed by atoms with Crippen LogP contribution < -0.4 is 4.90 Å². The van der Waals surface area contributed by atoms with Crippen molar-refractivity contribution in [1.29, 1.82) is 0 Å². The fourth-order valence-electron chi connectivity index (χ4n) is 4.57. The number of pyridine rings is 1. The summed E-state index contributed by atoms with van der Waals surface area (Å²) in [5.74, 6) is 2.48. The number of piperidine rings is 2. The first-order valence-corrected chi connectivity index (χ1v) is 10.7. The van der Waals surface area contributed by atoms with E-state index < -0.39 is 0 Å². The molecule has 0 radical (unpaired) electrons. The maximum absolute atomic E-state index is 12.7. The van der Waals surface area contributed by atoms with E-state index in [0.717, 1.165) is 49.9 Å².